The number of nitrogens with zero attached hydrogens (tertiary/aromatic N) is 3. The van der Waals surface area contributed by atoms with Crippen molar-refractivity contribution in [3.8, 4) is 5.75 Å². The number of thiophene rings is 1. The Hall–Kier alpha value is -2.74. The highest BCUT2D eigenvalue weighted by Crippen LogP contribution is 2.22. The third-order valence-electron chi connectivity index (χ3n) is 4.24. The monoisotopic (exact) mass is 391 g/mol. The molecule has 5 nitrogen and oxygen atoms in total. The van der Waals surface area contributed by atoms with Crippen molar-refractivity contribution in [2.24, 2.45) is 7.05 Å². The van der Waals surface area contributed by atoms with Gasteiger partial charge in [-0.1, -0.05) is 0 Å². The minimum absolute atomic E-state index is 0.0281. The highest BCUT2D eigenvalue weighted by molar-refractivity contribution is 7.12. The van der Waals surface area contributed by atoms with Gasteiger partial charge >= 0.3 is 0 Å². The van der Waals surface area contributed by atoms with Gasteiger partial charge in [0.05, 0.1) is 11.1 Å². The van der Waals surface area contributed by atoms with E-state index in [1.165, 1.54) is 17.4 Å². The molecule has 3 aromatic rings. The molecule has 1 aromatic carbocycles. The van der Waals surface area contributed by atoms with Crippen molar-refractivity contribution in [2.75, 3.05) is 7.05 Å². The number of aromatic nitrogens is 2. The second-order valence-corrected chi connectivity index (χ2v) is 7.13. The Morgan fingerprint density at radius 2 is 2.11 bits per heavy atom. The normalized spacial score (nSPS) is 10.9. The van der Waals surface area contributed by atoms with Crippen LogP contribution in [-0.4, -0.2) is 27.6 Å². The van der Waals surface area contributed by atoms with Crippen LogP contribution in [0.15, 0.2) is 35.8 Å². The van der Waals surface area contributed by atoms with Crippen LogP contribution in [0, 0.1) is 18.6 Å². The molecule has 0 aliphatic heterocycles. The van der Waals surface area contributed by atoms with Gasteiger partial charge in [0, 0.05) is 43.5 Å². The number of rotatable bonds is 6. The molecule has 0 fully saturated rings. The Labute approximate surface area is 159 Å². The SMILES string of the molecule is Cc1c(CN(C)C(=O)c2cc(COc3ccc(F)cc3F)cs2)cnn1C. The van der Waals surface area contributed by atoms with Crippen molar-refractivity contribution in [1.29, 1.82) is 0 Å². The van der Waals surface area contributed by atoms with Gasteiger partial charge in [-0.15, -0.1) is 11.3 Å². The van der Waals surface area contributed by atoms with Crippen LogP contribution in [0.1, 0.15) is 26.5 Å². The van der Waals surface area contributed by atoms with Gasteiger partial charge in [-0.05, 0) is 30.5 Å². The molecule has 3 rings (SSSR count). The highest BCUT2D eigenvalue weighted by Gasteiger charge is 2.17. The number of hydrogen-bond acceptors (Lipinski definition) is 4. The number of hydrogen-bond donors (Lipinski definition) is 0. The second kappa shape index (κ2) is 7.87. The molecule has 0 atom stereocenters. The molecule has 2 aromatic heterocycles. The van der Waals surface area contributed by atoms with Crippen molar-refractivity contribution in [3.63, 3.8) is 0 Å². The summed E-state index contributed by atoms with van der Waals surface area (Å²) in [5, 5.41) is 5.97. The van der Waals surface area contributed by atoms with Crippen LogP contribution in [0.3, 0.4) is 0 Å². The first-order valence-electron chi connectivity index (χ1n) is 8.23. The number of benzene rings is 1. The van der Waals surface area contributed by atoms with Crippen molar-refractivity contribution in [2.45, 2.75) is 20.1 Å². The lowest BCUT2D eigenvalue weighted by molar-refractivity contribution is 0.0789. The summed E-state index contributed by atoms with van der Waals surface area (Å²) in [7, 11) is 3.59. The van der Waals surface area contributed by atoms with E-state index in [4.69, 9.17) is 4.74 Å². The molecular weight excluding hydrogens is 372 g/mol. The molecule has 27 heavy (non-hydrogen) atoms. The first-order chi connectivity index (χ1) is 12.8. The maximum absolute atomic E-state index is 13.6. The lowest BCUT2D eigenvalue weighted by Gasteiger charge is -2.15. The predicted molar refractivity (Wildman–Crippen MR) is 98.8 cm³/mol. The van der Waals surface area contributed by atoms with Gasteiger partial charge in [-0.2, -0.15) is 5.10 Å². The molecule has 0 saturated carbocycles. The van der Waals surface area contributed by atoms with Crippen molar-refractivity contribution in [1.82, 2.24) is 14.7 Å². The molecule has 2 heterocycles. The molecule has 0 spiro atoms. The average Bonchev–Trinajstić information content (AvgIpc) is 3.22. The lowest BCUT2D eigenvalue weighted by Crippen LogP contribution is -2.25. The molecule has 0 unspecified atom stereocenters. The summed E-state index contributed by atoms with van der Waals surface area (Å²) in [6.07, 6.45) is 1.75. The van der Waals surface area contributed by atoms with Gasteiger partial charge in [0.2, 0.25) is 0 Å². The number of ether oxygens (including phenoxy) is 1. The van der Waals surface area contributed by atoms with Gasteiger partial charge in [0.1, 0.15) is 12.4 Å². The zero-order chi connectivity index (χ0) is 19.6. The topological polar surface area (TPSA) is 47.4 Å². The van der Waals surface area contributed by atoms with E-state index in [9.17, 15) is 13.6 Å². The molecule has 0 aliphatic rings. The standard InChI is InChI=1S/C19H19F2N3O2S/c1-12-14(8-22-24(12)3)9-23(2)19(25)18-6-13(11-27-18)10-26-17-5-4-15(20)7-16(17)21/h4-8,11H,9-10H2,1-3H3. The maximum Gasteiger partial charge on any atom is 0.263 e. The van der Waals surface area contributed by atoms with Gasteiger partial charge in [-0.3, -0.25) is 9.48 Å². The molecule has 1 amide bonds. The van der Waals surface area contributed by atoms with Crippen LogP contribution in [-0.2, 0) is 20.2 Å². The Kier molecular flexibility index (Phi) is 5.55. The first kappa shape index (κ1) is 19.0. The van der Waals surface area contributed by atoms with Crippen LogP contribution < -0.4 is 4.74 Å². The Morgan fingerprint density at radius 3 is 2.78 bits per heavy atom. The number of amides is 1. The minimum Gasteiger partial charge on any atom is -0.486 e. The summed E-state index contributed by atoms with van der Waals surface area (Å²) < 4.78 is 33.7. The van der Waals surface area contributed by atoms with E-state index in [0.717, 1.165) is 29.0 Å². The number of carbonyl (C=O) groups is 1. The van der Waals surface area contributed by atoms with E-state index in [0.29, 0.717) is 11.4 Å². The summed E-state index contributed by atoms with van der Waals surface area (Å²) in [6.45, 7) is 2.51. The fourth-order valence-electron chi connectivity index (χ4n) is 2.53. The predicted octanol–water partition coefficient (Wildman–Crippen LogP) is 3.92. The van der Waals surface area contributed by atoms with Crippen LogP contribution in [0.2, 0.25) is 0 Å². The third-order valence-corrected chi connectivity index (χ3v) is 5.21. The fraction of sp³-hybridized carbons (Fsp3) is 0.263. The van der Waals surface area contributed by atoms with Gasteiger partial charge < -0.3 is 9.64 Å². The summed E-state index contributed by atoms with van der Waals surface area (Å²) in [5.41, 5.74) is 2.74. The smallest absolute Gasteiger partial charge is 0.263 e. The molecule has 0 aliphatic carbocycles. The van der Waals surface area contributed by atoms with Crippen LogP contribution >= 0.6 is 11.3 Å². The summed E-state index contributed by atoms with van der Waals surface area (Å²) in [6, 6.07) is 4.87. The van der Waals surface area contributed by atoms with E-state index in [2.05, 4.69) is 5.10 Å². The minimum atomic E-state index is -0.756. The van der Waals surface area contributed by atoms with Crippen molar-refractivity contribution >= 4 is 17.2 Å². The zero-order valence-electron chi connectivity index (χ0n) is 15.2. The van der Waals surface area contributed by atoms with Crippen LogP contribution in [0.4, 0.5) is 8.78 Å². The van der Waals surface area contributed by atoms with Crippen LogP contribution in [0.5, 0.6) is 5.75 Å². The van der Waals surface area contributed by atoms with E-state index < -0.39 is 11.6 Å². The Bertz CT molecular complexity index is 968. The number of halogens is 2. The summed E-state index contributed by atoms with van der Waals surface area (Å²) in [4.78, 5) is 14.8. The molecule has 142 valence electrons. The highest BCUT2D eigenvalue weighted by atomic mass is 32.1. The average molecular weight is 391 g/mol. The second-order valence-electron chi connectivity index (χ2n) is 6.22. The lowest BCUT2D eigenvalue weighted by atomic mass is 10.2. The number of aryl methyl sites for hydroxylation is 1. The Balaban J connectivity index is 1.62. The quantitative estimate of drug-likeness (QED) is 0.640. The third kappa shape index (κ3) is 4.33. The first-order valence-corrected chi connectivity index (χ1v) is 9.11. The molecule has 0 N–H and O–H groups in total. The molecule has 0 saturated heterocycles. The van der Waals surface area contributed by atoms with Crippen molar-refractivity contribution in [3.05, 3.63) is 69.2 Å². The van der Waals surface area contributed by atoms with Crippen LogP contribution in [0.25, 0.3) is 0 Å². The molecule has 0 bridgehead atoms. The summed E-state index contributed by atoms with van der Waals surface area (Å²) >= 11 is 1.30. The largest absolute Gasteiger partial charge is 0.486 e. The van der Waals surface area contributed by atoms with Gasteiger partial charge in [0.15, 0.2) is 11.6 Å². The van der Waals surface area contributed by atoms with Gasteiger partial charge in [0.25, 0.3) is 5.91 Å². The zero-order valence-corrected chi connectivity index (χ0v) is 16.0. The molecule has 8 heteroatoms. The summed E-state index contributed by atoms with van der Waals surface area (Å²) in [5.74, 6) is -1.55. The molecular formula is C19H19F2N3O2S. The number of carbonyl (C=O) groups excluding carboxylic acids is 1. The Morgan fingerprint density at radius 1 is 1.33 bits per heavy atom. The van der Waals surface area contributed by atoms with Gasteiger partial charge in [-0.25, -0.2) is 8.78 Å². The van der Waals surface area contributed by atoms with Crippen molar-refractivity contribution < 1.29 is 18.3 Å². The van der Waals surface area contributed by atoms with E-state index in [1.807, 2.05) is 14.0 Å². The van der Waals surface area contributed by atoms with E-state index in [-0.39, 0.29) is 18.3 Å². The fourth-order valence-corrected chi connectivity index (χ4v) is 3.42. The van der Waals surface area contributed by atoms with E-state index in [1.54, 1.807) is 34.3 Å². The maximum atomic E-state index is 13.6. The van der Waals surface area contributed by atoms with E-state index >= 15 is 0 Å². The molecule has 0 radical (unpaired) electrons.